The largest absolute Gasteiger partial charge is 0.493 e. The second-order valence-electron chi connectivity index (χ2n) is 5.13. The van der Waals surface area contributed by atoms with Crippen LogP contribution in [0.15, 0.2) is 42.5 Å². The normalized spacial score (nSPS) is 12.5. The molecule has 0 spiro atoms. The molecule has 0 heterocycles. The topological polar surface area (TPSA) is 21.3 Å². The van der Waals surface area contributed by atoms with Crippen LogP contribution in [0.25, 0.3) is 10.8 Å². The molecule has 0 bridgehead atoms. The molecule has 0 amide bonds. The number of rotatable bonds is 7. The first kappa shape index (κ1) is 13.9. The molecule has 0 radical (unpaired) electrons. The molecule has 2 aromatic carbocycles. The molecule has 0 fully saturated rings. The average Bonchev–Trinajstić information content (AvgIpc) is 2.45. The van der Waals surface area contributed by atoms with Gasteiger partial charge in [0.25, 0.3) is 0 Å². The minimum Gasteiger partial charge on any atom is -0.493 e. The molecule has 2 aromatic rings. The lowest BCUT2D eigenvalue weighted by Gasteiger charge is -2.14. The van der Waals surface area contributed by atoms with Crippen LogP contribution in [0.4, 0.5) is 0 Å². The lowest BCUT2D eigenvalue weighted by Crippen LogP contribution is -2.25. The third-order valence-corrected chi connectivity index (χ3v) is 3.18. The van der Waals surface area contributed by atoms with Crippen molar-refractivity contribution in [3.8, 4) is 5.75 Å². The zero-order valence-electron chi connectivity index (χ0n) is 11.9. The molecule has 1 unspecified atom stereocenters. The lowest BCUT2D eigenvalue weighted by molar-refractivity contribution is 0.256. The van der Waals surface area contributed by atoms with E-state index in [9.17, 15) is 0 Å². The van der Waals surface area contributed by atoms with Crippen molar-refractivity contribution in [1.82, 2.24) is 5.32 Å². The van der Waals surface area contributed by atoms with E-state index in [1.807, 2.05) is 0 Å². The van der Waals surface area contributed by atoms with Crippen molar-refractivity contribution in [2.24, 2.45) is 5.92 Å². The van der Waals surface area contributed by atoms with E-state index in [0.29, 0.717) is 5.92 Å². The van der Waals surface area contributed by atoms with Gasteiger partial charge in [-0.25, -0.2) is 0 Å². The van der Waals surface area contributed by atoms with Crippen LogP contribution >= 0.6 is 0 Å². The molecule has 0 aliphatic heterocycles. The molecule has 2 nitrogen and oxygen atoms in total. The monoisotopic (exact) mass is 257 g/mol. The second kappa shape index (κ2) is 7.15. The van der Waals surface area contributed by atoms with Crippen molar-refractivity contribution in [1.29, 1.82) is 0 Å². The fourth-order valence-electron chi connectivity index (χ4n) is 2.08. The molecule has 102 valence electrons. The van der Waals surface area contributed by atoms with E-state index in [2.05, 4.69) is 61.6 Å². The molecule has 19 heavy (non-hydrogen) atoms. The highest BCUT2D eigenvalue weighted by molar-refractivity contribution is 5.83. The summed E-state index contributed by atoms with van der Waals surface area (Å²) in [5, 5.41) is 5.91. The Kier molecular flexibility index (Phi) is 5.22. The van der Waals surface area contributed by atoms with Crippen molar-refractivity contribution < 1.29 is 4.74 Å². The summed E-state index contributed by atoms with van der Waals surface area (Å²) < 4.78 is 5.87. The molecule has 0 aliphatic carbocycles. The van der Waals surface area contributed by atoms with E-state index in [1.165, 1.54) is 17.2 Å². The number of nitrogens with one attached hydrogen (secondary N) is 1. The standard InChI is InChI=1S/C17H23NO/c1-3-10-18-12-14(2)13-19-17-9-8-15-6-4-5-7-16(15)11-17/h4-9,11,14,18H,3,10,12-13H2,1-2H3. The van der Waals surface area contributed by atoms with Crippen LogP contribution in [0, 0.1) is 5.92 Å². The van der Waals surface area contributed by atoms with Gasteiger partial charge in [-0.15, -0.1) is 0 Å². The van der Waals surface area contributed by atoms with Crippen molar-refractivity contribution in [2.75, 3.05) is 19.7 Å². The van der Waals surface area contributed by atoms with Crippen LogP contribution in [0.1, 0.15) is 20.3 Å². The summed E-state index contributed by atoms with van der Waals surface area (Å²) in [4.78, 5) is 0. The summed E-state index contributed by atoms with van der Waals surface area (Å²) >= 11 is 0. The van der Waals surface area contributed by atoms with Gasteiger partial charge < -0.3 is 10.1 Å². The summed E-state index contributed by atoms with van der Waals surface area (Å²) in [6.07, 6.45) is 1.18. The Morgan fingerprint density at radius 2 is 1.89 bits per heavy atom. The Bertz CT molecular complexity index is 509. The molecular weight excluding hydrogens is 234 g/mol. The summed E-state index contributed by atoms with van der Waals surface area (Å²) in [6, 6.07) is 14.6. The Morgan fingerprint density at radius 1 is 1.11 bits per heavy atom. The van der Waals surface area contributed by atoms with E-state index in [0.717, 1.165) is 25.4 Å². The SMILES string of the molecule is CCCNCC(C)COc1ccc2ccccc2c1. The van der Waals surface area contributed by atoms with Gasteiger partial charge in [0.05, 0.1) is 6.61 Å². The van der Waals surface area contributed by atoms with Crippen LogP contribution in [0.5, 0.6) is 5.75 Å². The van der Waals surface area contributed by atoms with Crippen LogP contribution in [-0.2, 0) is 0 Å². The highest BCUT2D eigenvalue weighted by Gasteiger charge is 2.03. The van der Waals surface area contributed by atoms with Crippen LogP contribution < -0.4 is 10.1 Å². The maximum Gasteiger partial charge on any atom is 0.119 e. The molecule has 0 aromatic heterocycles. The van der Waals surface area contributed by atoms with Crippen LogP contribution in [0.2, 0.25) is 0 Å². The third-order valence-electron chi connectivity index (χ3n) is 3.18. The van der Waals surface area contributed by atoms with E-state index in [4.69, 9.17) is 4.74 Å². The minimum absolute atomic E-state index is 0.526. The Morgan fingerprint density at radius 3 is 2.68 bits per heavy atom. The Labute approximate surface area is 115 Å². The molecule has 2 heteroatoms. The van der Waals surface area contributed by atoms with E-state index in [-0.39, 0.29) is 0 Å². The zero-order chi connectivity index (χ0) is 13.5. The summed E-state index contributed by atoms with van der Waals surface area (Å²) in [6.45, 7) is 7.25. The van der Waals surface area contributed by atoms with Gasteiger partial charge in [-0.05, 0) is 35.9 Å². The Hall–Kier alpha value is -1.54. The highest BCUT2D eigenvalue weighted by Crippen LogP contribution is 2.20. The molecule has 1 N–H and O–H groups in total. The molecular formula is C17H23NO. The fraction of sp³-hybridized carbons (Fsp3) is 0.412. The first-order chi connectivity index (χ1) is 9.29. The lowest BCUT2D eigenvalue weighted by atomic mass is 10.1. The second-order valence-corrected chi connectivity index (χ2v) is 5.13. The zero-order valence-corrected chi connectivity index (χ0v) is 11.9. The molecule has 0 aliphatic rings. The van der Waals surface area contributed by atoms with E-state index < -0.39 is 0 Å². The number of fused-ring (bicyclic) bond motifs is 1. The first-order valence-corrected chi connectivity index (χ1v) is 7.12. The number of ether oxygens (including phenoxy) is 1. The maximum atomic E-state index is 5.87. The molecule has 0 saturated carbocycles. The van der Waals surface area contributed by atoms with Crippen molar-refractivity contribution in [3.63, 3.8) is 0 Å². The maximum absolute atomic E-state index is 5.87. The number of hydrogen-bond acceptors (Lipinski definition) is 2. The van der Waals surface area contributed by atoms with Crippen molar-refractivity contribution in [3.05, 3.63) is 42.5 Å². The van der Waals surface area contributed by atoms with Gasteiger partial charge >= 0.3 is 0 Å². The van der Waals surface area contributed by atoms with Gasteiger partial charge in [0.1, 0.15) is 5.75 Å². The summed E-state index contributed by atoms with van der Waals surface area (Å²) in [5.41, 5.74) is 0. The van der Waals surface area contributed by atoms with Crippen LogP contribution in [-0.4, -0.2) is 19.7 Å². The highest BCUT2D eigenvalue weighted by atomic mass is 16.5. The number of hydrogen-bond donors (Lipinski definition) is 1. The van der Waals surface area contributed by atoms with Gasteiger partial charge in [0.15, 0.2) is 0 Å². The fourth-order valence-corrected chi connectivity index (χ4v) is 2.08. The predicted octanol–water partition coefficient (Wildman–Crippen LogP) is 3.85. The van der Waals surface area contributed by atoms with Gasteiger partial charge in [0.2, 0.25) is 0 Å². The van der Waals surface area contributed by atoms with Crippen molar-refractivity contribution in [2.45, 2.75) is 20.3 Å². The summed E-state index contributed by atoms with van der Waals surface area (Å²) in [5.74, 6) is 1.49. The van der Waals surface area contributed by atoms with Crippen molar-refractivity contribution >= 4 is 10.8 Å². The minimum atomic E-state index is 0.526. The van der Waals surface area contributed by atoms with E-state index >= 15 is 0 Å². The predicted molar refractivity (Wildman–Crippen MR) is 81.8 cm³/mol. The quantitative estimate of drug-likeness (QED) is 0.761. The Balaban J connectivity index is 1.87. The third kappa shape index (κ3) is 4.25. The van der Waals surface area contributed by atoms with Gasteiger partial charge in [0, 0.05) is 12.5 Å². The number of benzene rings is 2. The first-order valence-electron chi connectivity index (χ1n) is 7.12. The van der Waals surface area contributed by atoms with Gasteiger partial charge in [-0.1, -0.05) is 44.2 Å². The molecule has 2 rings (SSSR count). The smallest absolute Gasteiger partial charge is 0.119 e. The van der Waals surface area contributed by atoms with Gasteiger partial charge in [-0.3, -0.25) is 0 Å². The molecule has 1 atom stereocenters. The summed E-state index contributed by atoms with van der Waals surface area (Å²) in [7, 11) is 0. The van der Waals surface area contributed by atoms with Gasteiger partial charge in [-0.2, -0.15) is 0 Å². The van der Waals surface area contributed by atoms with Crippen LogP contribution in [0.3, 0.4) is 0 Å². The average molecular weight is 257 g/mol. The molecule has 0 saturated heterocycles. The van der Waals surface area contributed by atoms with E-state index in [1.54, 1.807) is 0 Å².